The molecule has 2 rings (SSSR count). The molecule has 21 heavy (non-hydrogen) atoms. The standard InChI is InChI=1S/C13H16FN3O4/c14-9-5-10(12(15)11(6-9)17(19)20)13(18)16-3-1-8-2-4-21-7-8/h5-6,8H,1-4,7,15H2,(H,16,18). The number of halogens is 1. The Morgan fingerprint density at radius 2 is 2.33 bits per heavy atom. The second kappa shape index (κ2) is 6.49. The zero-order valence-corrected chi connectivity index (χ0v) is 11.3. The molecular weight excluding hydrogens is 281 g/mol. The number of nitrogens with one attached hydrogen (secondary N) is 1. The second-order valence-corrected chi connectivity index (χ2v) is 4.92. The average Bonchev–Trinajstić information content (AvgIpc) is 2.93. The number of nitrogens with zero attached hydrogens (tertiary/aromatic N) is 1. The summed E-state index contributed by atoms with van der Waals surface area (Å²) in [6.07, 6.45) is 1.69. The fourth-order valence-electron chi connectivity index (χ4n) is 2.24. The molecule has 1 aliphatic heterocycles. The Kier molecular flexibility index (Phi) is 4.69. The third-order valence-corrected chi connectivity index (χ3v) is 3.43. The lowest BCUT2D eigenvalue weighted by atomic mass is 10.1. The Morgan fingerprint density at radius 3 is 2.95 bits per heavy atom. The lowest BCUT2D eigenvalue weighted by molar-refractivity contribution is -0.384. The lowest BCUT2D eigenvalue weighted by Gasteiger charge is -2.10. The molecule has 1 aromatic carbocycles. The van der Waals surface area contributed by atoms with Crippen molar-refractivity contribution in [1.82, 2.24) is 5.32 Å². The highest BCUT2D eigenvalue weighted by atomic mass is 19.1. The summed E-state index contributed by atoms with van der Waals surface area (Å²) in [7, 11) is 0. The van der Waals surface area contributed by atoms with Gasteiger partial charge in [-0.3, -0.25) is 14.9 Å². The van der Waals surface area contributed by atoms with Gasteiger partial charge in [-0.1, -0.05) is 0 Å². The Labute approximate surface area is 120 Å². The highest BCUT2D eigenvalue weighted by Crippen LogP contribution is 2.26. The molecule has 114 valence electrons. The van der Waals surface area contributed by atoms with E-state index in [4.69, 9.17) is 10.5 Å². The fraction of sp³-hybridized carbons (Fsp3) is 0.462. The van der Waals surface area contributed by atoms with Crippen molar-refractivity contribution in [3.8, 4) is 0 Å². The molecule has 1 fully saturated rings. The number of amides is 1. The Balaban J connectivity index is 2.02. The molecule has 1 heterocycles. The molecule has 1 aliphatic rings. The van der Waals surface area contributed by atoms with Gasteiger partial charge in [-0.25, -0.2) is 4.39 Å². The first-order valence-electron chi connectivity index (χ1n) is 6.58. The van der Waals surface area contributed by atoms with Crippen molar-refractivity contribution in [2.75, 3.05) is 25.5 Å². The van der Waals surface area contributed by atoms with Gasteiger partial charge in [0.15, 0.2) is 0 Å². The molecule has 1 saturated heterocycles. The number of benzene rings is 1. The van der Waals surface area contributed by atoms with Crippen LogP contribution in [0, 0.1) is 21.8 Å². The molecule has 0 bridgehead atoms. The predicted octanol–water partition coefficient (Wildman–Crippen LogP) is 1.47. The van der Waals surface area contributed by atoms with E-state index in [0.717, 1.165) is 25.5 Å². The van der Waals surface area contributed by atoms with Gasteiger partial charge in [-0.05, 0) is 24.8 Å². The van der Waals surface area contributed by atoms with Crippen LogP contribution in [0.2, 0.25) is 0 Å². The highest BCUT2D eigenvalue weighted by molar-refractivity contribution is 6.01. The van der Waals surface area contributed by atoms with Crippen LogP contribution in [0.1, 0.15) is 23.2 Å². The first kappa shape index (κ1) is 15.2. The quantitative estimate of drug-likeness (QED) is 0.486. The van der Waals surface area contributed by atoms with Gasteiger partial charge in [0.1, 0.15) is 11.5 Å². The van der Waals surface area contributed by atoms with Crippen LogP contribution in [0.15, 0.2) is 12.1 Å². The van der Waals surface area contributed by atoms with E-state index in [1.807, 2.05) is 0 Å². The first-order valence-corrected chi connectivity index (χ1v) is 6.58. The number of anilines is 1. The van der Waals surface area contributed by atoms with Crippen LogP contribution in [-0.4, -0.2) is 30.6 Å². The van der Waals surface area contributed by atoms with Gasteiger partial charge in [-0.2, -0.15) is 0 Å². The molecule has 3 N–H and O–H groups in total. The van der Waals surface area contributed by atoms with Crippen molar-refractivity contribution >= 4 is 17.3 Å². The van der Waals surface area contributed by atoms with Gasteiger partial charge >= 0.3 is 0 Å². The smallest absolute Gasteiger partial charge is 0.295 e. The van der Waals surface area contributed by atoms with Gasteiger partial charge < -0.3 is 15.8 Å². The Morgan fingerprint density at radius 1 is 1.57 bits per heavy atom. The van der Waals surface area contributed by atoms with E-state index < -0.39 is 22.3 Å². The van der Waals surface area contributed by atoms with E-state index in [-0.39, 0.29) is 11.3 Å². The predicted molar refractivity (Wildman–Crippen MR) is 73.3 cm³/mol. The van der Waals surface area contributed by atoms with Crippen molar-refractivity contribution in [2.45, 2.75) is 12.8 Å². The largest absolute Gasteiger partial charge is 0.393 e. The van der Waals surface area contributed by atoms with Gasteiger partial charge in [0.05, 0.1) is 16.6 Å². The summed E-state index contributed by atoms with van der Waals surface area (Å²) < 4.78 is 18.6. The molecule has 1 atom stereocenters. The average molecular weight is 297 g/mol. The summed E-state index contributed by atoms with van der Waals surface area (Å²) in [5, 5.41) is 13.3. The van der Waals surface area contributed by atoms with Crippen molar-refractivity contribution in [1.29, 1.82) is 0 Å². The third-order valence-electron chi connectivity index (χ3n) is 3.43. The van der Waals surface area contributed by atoms with E-state index in [0.29, 0.717) is 25.1 Å². The number of nitrogen functional groups attached to an aromatic ring is 1. The van der Waals surface area contributed by atoms with E-state index >= 15 is 0 Å². The number of ether oxygens (including phenoxy) is 1. The summed E-state index contributed by atoms with van der Waals surface area (Å²) in [4.78, 5) is 21.9. The van der Waals surface area contributed by atoms with Crippen molar-refractivity contribution < 1.29 is 18.8 Å². The minimum Gasteiger partial charge on any atom is -0.393 e. The number of rotatable bonds is 5. The summed E-state index contributed by atoms with van der Waals surface area (Å²) in [5.74, 6) is -1.09. The maximum atomic E-state index is 13.3. The van der Waals surface area contributed by atoms with Crippen LogP contribution in [0.5, 0.6) is 0 Å². The van der Waals surface area contributed by atoms with E-state index in [2.05, 4.69) is 5.32 Å². The Bertz CT molecular complexity index is 559. The third kappa shape index (κ3) is 3.66. The van der Waals surface area contributed by atoms with Crippen molar-refractivity contribution in [2.24, 2.45) is 5.92 Å². The lowest BCUT2D eigenvalue weighted by Crippen LogP contribution is -2.27. The van der Waals surface area contributed by atoms with Crippen LogP contribution in [0.4, 0.5) is 15.8 Å². The number of carbonyl (C=O) groups excluding carboxylic acids is 1. The molecule has 0 aromatic heterocycles. The SMILES string of the molecule is Nc1c(C(=O)NCCC2CCOC2)cc(F)cc1[N+](=O)[O-]. The van der Waals surface area contributed by atoms with Crippen LogP contribution in [0.3, 0.4) is 0 Å². The molecule has 0 saturated carbocycles. The molecule has 8 heteroatoms. The topological polar surface area (TPSA) is 107 Å². The number of carbonyl (C=O) groups is 1. The number of hydrogen-bond donors (Lipinski definition) is 2. The zero-order chi connectivity index (χ0) is 15.4. The first-order chi connectivity index (χ1) is 9.99. The zero-order valence-electron chi connectivity index (χ0n) is 11.3. The van der Waals surface area contributed by atoms with Crippen LogP contribution >= 0.6 is 0 Å². The number of nitro groups is 1. The molecule has 0 radical (unpaired) electrons. The monoisotopic (exact) mass is 297 g/mol. The summed E-state index contributed by atoms with van der Waals surface area (Å²) in [6, 6.07) is 1.60. The van der Waals surface area contributed by atoms with Crippen molar-refractivity contribution in [3.63, 3.8) is 0 Å². The molecular formula is C13H16FN3O4. The molecule has 1 amide bonds. The summed E-state index contributed by atoms with van der Waals surface area (Å²) in [5.41, 5.74) is 4.40. The number of hydrogen-bond acceptors (Lipinski definition) is 5. The maximum Gasteiger partial charge on any atom is 0.295 e. The minimum absolute atomic E-state index is 0.218. The van der Waals surface area contributed by atoms with Gasteiger partial charge in [0, 0.05) is 19.8 Å². The highest BCUT2D eigenvalue weighted by Gasteiger charge is 2.22. The fourth-order valence-corrected chi connectivity index (χ4v) is 2.24. The normalized spacial score (nSPS) is 17.7. The van der Waals surface area contributed by atoms with E-state index in [1.54, 1.807) is 0 Å². The van der Waals surface area contributed by atoms with Gasteiger partial charge in [-0.15, -0.1) is 0 Å². The number of nitro benzene ring substituents is 1. The minimum atomic E-state index is -0.870. The second-order valence-electron chi connectivity index (χ2n) is 4.92. The molecule has 0 spiro atoms. The summed E-state index contributed by atoms with van der Waals surface area (Å²) in [6.45, 7) is 1.78. The van der Waals surface area contributed by atoms with Crippen LogP contribution < -0.4 is 11.1 Å². The van der Waals surface area contributed by atoms with Crippen molar-refractivity contribution in [3.05, 3.63) is 33.6 Å². The summed E-state index contributed by atoms with van der Waals surface area (Å²) >= 11 is 0. The molecule has 1 unspecified atom stereocenters. The molecule has 0 aliphatic carbocycles. The van der Waals surface area contributed by atoms with E-state index in [9.17, 15) is 19.3 Å². The number of nitrogens with two attached hydrogens (primary N) is 1. The molecule has 1 aromatic rings. The Hall–Kier alpha value is -2.22. The maximum absolute atomic E-state index is 13.3. The van der Waals surface area contributed by atoms with Crippen LogP contribution in [-0.2, 0) is 4.74 Å². The van der Waals surface area contributed by atoms with Gasteiger partial charge in [0.2, 0.25) is 0 Å². The van der Waals surface area contributed by atoms with Gasteiger partial charge in [0.25, 0.3) is 11.6 Å². The van der Waals surface area contributed by atoms with E-state index in [1.165, 1.54) is 0 Å². The van der Waals surface area contributed by atoms with Crippen LogP contribution in [0.25, 0.3) is 0 Å². The molecule has 7 nitrogen and oxygen atoms in total.